The summed E-state index contributed by atoms with van der Waals surface area (Å²) < 4.78 is 4.47. The third kappa shape index (κ3) is 2.48. The van der Waals surface area contributed by atoms with Crippen molar-refractivity contribution in [2.24, 2.45) is 0 Å². The van der Waals surface area contributed by atoms with Crippen molar-refractivity contribution in [1.82, 2.24) is 0 Å². The van der Waals surface area contributed by atoms with Crippen molar-refractivity contribution in [2.45, 2.75) is 0 Å². The van der Waals surface area contributed by atoms with E-state index in [1.165, 1.54) is 25.3 Å². The van der Waals surface area contributed by atoms with Gasteiger partial charge in [-0.05, 0) is 23.7 Å². The van der Waals surface area contributed by atoms with Gasteiger partial charge in [-0.2, -0.15) is 0 Å². The maximum Gasteiger partial charge on any atom is 0.488 e. The van der Waals surface area contributed by atoms with Crippen molar-refractivity contribution in [3.8, 4) is 0 Å². The van der Waals surface area contributed by atoms with Gasteiger partial charge in [0.25, 0.3) is 0 Å². The third-order valence-corrected chi connectivity index (χ3v) is 1.86. The predicted octanol–water partition coefficient (Wildman–Crippen LogP) is -0.194. The molecule has 0 aliphatic carbocycles. The first-order valence-corrected chi connectivity index (χ1v) is 4.17. The maximum atomic E-state index is 11.1. The lowest BCUT2D eigenvalue weighted by molar-refractivity contribution is 0.0601. The van der Waals surface area contributed by atoms with E-state index in [0.29, 0.717) is 0 Å². The lowest BCUT2D eigenvalue weighted by atomic mass is 9.79. The molecule has 0 radical (unpaired) electrons. The minimum Gasteiger partial charge on any atom is -0.465 e. The van der Waals surface area contributed by atoms with Crippen LogP contribution in [0.1, 0.15) is 10.4 Å². The quantitative estimate of drug-likeness (QED) is 0.529. The molecule has 0 heterocycles. The van der Waals surface area contributed by atoms with E-state index in [1.807, 2.05) is 0 Å². The van der Waals surface area contributed by atoms with Crippen LogP contribution in [0.3, 0.4) is 0 Å². The number of hydrogen-bond donors (Lipinski definition) is 2. The first kappa shape index (κ1) is 11.0. The molecule has 0 unspecified atom stereocenters. The predicted molar refractivity (Wildman–Crippen MR) is 52.6 cm³/mol. The second-order valence-electron chi connectivity index (χ2n) is 2.64. The van der Waals surface area contributed by atoms with Crippen LogP contribution < -0.4 is 5.46 Å². The molecule has 14 heavy (non-hydrogen) atoms. The highest BCUT2D eigenvalue weighted by Crippen LogP contribution is 2.10. The molecule has 4 nitrogen and oxygen atoms in total. The van der Waals surface area contributed by atoms with Crippen molar-refractivity contribution in [2.75, 3.05) is 7.11 Å². The summed E-state index contributed by atoms with van der Waals surface area (Å²) in [7, 11) is -0.421. The summed E-state index contributed by atoms with van der Waals surface area (Å²) in [5.41, 5.74) is 0.334. The fraction of sp³-hybridized carbons (Fsp3) is 0.125. The van der Waals surface area contributed by atoms with Crippen LogP contribution in [0.5, 0.6) is 0 Å². The summed E-state index contributed by atoms with van der Waals surface area (Å²) in [5, 5.41) is 18.0. The molecule has 1 aromatic rings. The van der Waals surface area contributed by atoms with Crippen molar-refractivity contribution in [3.63, 3.8) is 0 Å². The number of hydrogen-bond acceptors (Lipinski definition) is 4. The summed E-state index contributed by atoms with van der Waals surface area (Å²) in [5.74, 6) is -0.575. The Morgan fingerprint density at radius 3 is 2.57 bits per heavy atom. The maximum absolute atomic E-state index is 11.1. The lowest BCUT2D eigenvalue weighted by Gasteiger charge is -2.04. The van der Waals surface area contributed by atoms with E-state index in [9.17, 15) is 4.79 Å². The number of methoxy groups -OCH3 is 1. The van der Waals surface area contributed by atoms with Crippen LogP contribution >= 0.6 is 11.6 Å². The van der Waals surface area contributed by atoms with Crippen molar-refractivity contribution in [3.05, 3.63) is 28.8 Å². The zero-order valence-electron chi connectivity index (χ0n) is 7.40. The van der Waals surface area contributed by atoms with Gasteiger partial charge in [-0.15, -0.1) is 0 Å². The second kappa shape index (κ2) is 4.46. The zero-order valence-corrected chi connectivity index (χ0v) is 8.15. The summed E-state index contributed by atoms with van der Waals surface area (Å²) in [6, 6.07) is 4.06. The molecule has 0 aromatic heterocycles. The normalized spacial score (nSPS) is 9.71. The zero-order chi connectivity index (χ0) is 10.7. The van der Waals surface area contributed by atoms with E-state index < -0.39 is 13.1 Å². The lowest BCUT2D eigenvalue weighted by Crippen LogP contribution is -2.30. The first-order valence-electron chi connectivity index (χ1n) is 3.79. The Hall–Kier alpha value is -1.04. The van der Waals surface area contributed by atoms with Gasteiger partial charge in [0, 0.05) is 5.02 Å². The first-order chi connectivity index (χ1) is 6.54. The molecule has 0 aliphatic heterocycles. The van der Waals surface area contributed by atoms with Gasteiger partial charge in [0.05, 0.1) is 12.7 Å². The summed E-state index contributed by atoms with van der Waals surface area (Å²) in [4.78, 5) is 11.1. The fourth-order valence-corrected chi connectivity index (χ4v) is 1.24. The Labute approximate surface area is 86.2 Å². The Kier molecular flexibility index (Phi) is 3.52. The number of esters is 1. The molecule has 0 atom stereocenters. The molecule has 0 amide bonds. The van der Waals surface area contributed by atoms with E-state index in [1.54, 1.807) is 0 Å². The highest BCUT2D eigenvalue weighted by atomic mass is 35.5. The van der Waals surface area contributed by atoms with Crippen LogP contribution in [0.2, 0.25) is 5.02 Å². The van der Waals surface area contributed by atoms with Crippen molar-refractivity contribution < 1.29 is 19.6 Å². The SMILES string of the molecule is COC(=O)c1cc(Cl)cc(B(O)O)c1. The van der Waals surface area contributed by atoms with E-state index >= 15 is 0 Å². The molecule has 6 heteroatoms. The fourth-order valence-electron chi connectivity index (χ4n) is 0.997. The topological polar surface area (TPSA) is 66.8 Å². The van der Waals surface area contributed by atoms with Gasteiger partial charge in [-0.3, -0.25) is 0 Å². The summed E-state index contributed by atoms with van der Waals surface area (Å²) in [6.45, 7) is 0. The van der Waals surface area contributed by atoms with Gasteiger partial charge in [0.15, 0.2) is 0 Å². The molecule has 0 bridgehead atoms. The van der Waals surface area contributed by atoms with E-state index in [-0.39, 0.29) is 16.0 Å². The van der Waals surface area contributed by atoms with Crippen LogP contribution in [0.25, 0.3) is 0 Å². The molecule has 0 fully saturated rings. The summed E-state index contributed by atoms with van der Waals surface area (Å²) >= 11 is 5.67. The van der Waals surface area contributed by atoms with Crippen LogP contribution in [-0.4, -0.2) is 30.2 Å². The van der Waals surface area contributed by atoms with Crippen LogP contribution in [0, 0.1) is 0 Å². The van der Waals surface area contributed by atoms with Gasteiger partial charge in [-0.1, -0.05) is 11.6 Å². The van der Waals surface area contributed by atoms with Crippen LogP contribution in [0.15, 0.2) is 18.2 Å². The molecule has 74 valence electrons. The van der Waals surface area contributed by atoms with Gasteiger partial charge >= 0.3 is 13.1 Å². The number of rotatable bonds is 2. The molecule has 1 aromatic carbocycles. The molecule has 0 aliphatic rings. The minimum atomic E-state index is -1.66. The minimum absolute atomic E-state index is 0.151. The van der Waals surface area contributed by atoms with Crippen molar-refractivity contribution in [1.29, 1.82) is 0 Å². The standard InChI is InChI=1S/C8H8BClO4/c1-14-8(11)5-2-6(9(12)13)4-7(10)3-5/h2-4,12-13H,1H3. The average Bonchev–Trinajstić information content (AvgIpc) is 2.15. The Morgan fingerprint density at radius 2 is 2.07 bits per heavy atom. The molecule has 0 saturated heterocycles. The van der Waals surface area contributed by atoms with Crippen molar-refractivity contribution >= 4 is 30.2 Å². The molecule has 1 rings (SSSR count). The monoisotopic (exact) mass is 214 g/mol. The number of ether oxygens (including phenoxy) is 1. The van der Waals surface area contributed by atoms with Gasteiger partial charge in [-0.25, -0.2) is 4.79 Å². The molecule has 0 spiro atoms. The number of halogens is 1. The molecule has 0 saturated carbocycles. The molecular weight excluding hydrogens is 206 g/mol. The van der Waals surface area contributed by atoms with Crippen LogP contribution in [-0.2, 0) is 4.74 Å². The third-order valence-electron chi connectivity index (χ3n) is 1.64. The second-order valence-corrected chi connectivity index (χ2v) is 3.07. The van der Waals surface area contributed by atoms with E-state index in [0.717, 1.165) is 0 Å². The average molecular weight is 214 g/mol. The Morgan fingerprint density at radius 1 is 1.43 bits per heavy atom. The van der Waals surface area contributed by atoms with E-state index in [4.69, 9.17) is 21.6 Å². The van der Waals surface area contributed by atoms with Crippen LogP contribution in [0.4, 0.5) is 0 Å². The smallest absolute Gasteiger partial charge is 0.465 e. The van der Waals surface area contributed by atoms with E-state index in [2.05, 4.69) is 4.74 Å². The molecule has 2 N–H and O–H groups in total. The highest BCUT2D eigenvalue weighted by Gasteiger charge is 2.15. The number of benzene rings is 1. The van der Waals surface area contributed by atoms with Gasteiger partial charge in [0.1, 0.15) is 0 Å². The number of carbonyl (C=O) groups is 1. The highest BCUT2D eigenvalue weighted by molar-refractivity contribution is 6.59. The Balaban J connectivity index is 3.13. The molecular formula is C8H8BClO4. The largest absolute Gasteiger partial charge is 0.488 e. The van der Waals surface area contributed by atoms with Gasteiger partial charge < -0.3 is 14.8 Å². The van der Waals surface area contributed by atoms with Gasteiger partial charge in [0.2, 0.25) is 0 Å². The Bertz CT molecular complexity index is 353. The summed E-state index contributed by atoms with van der Waals surface area (Å²) in [6.07, 6.45) is 0. The number of carbonyl (C=O) groups excluding carboxylic acids is 1.